The van der Waals surface area contributed by atoms with Crippen molar-refractivity contribution in [2.75, 3.05) is 0 Å². The van der Waals surface area contributed by atoms with Crippen LogP contribution in [0.25, 0.3) is 10.9 Å². The molecule has 0 amide bonds. The molecule has 2 aromatic rings. The highest BCUT2D eigenvalue weighted by Crippen LogP contribution is 2.29. The molecule has 0 saturated carbocycles. The van der Waals surface area contributed by atoms with E-state index in [9.17, 15) is 0 Å². The number of nitrogens with one attached hydrogen (secondary N) is 1. The number of hydrogen-bond donors (Lipinski definition) is 1. The molecule has 1 heteroatoms. The average molecular weight is 440 g/mol. The number of aromatic nitrogens is 1. The molecule has 0 aliphatic carbocycles. The van der Waals surface area contributed by atoms with Crippen LogP contribution < -0.4 is 0 Å². The van der Waals surface area contributed by atoms with Crippen LogP contribution in [0.3, 0.4) is 0 Å². The van der Waals surface area contributed by atoms with E-state index >= 15 is 0 Å². The summed E-state index contributed by atoms with van der Waals surface area (Å²) in [7, 11) is 0. The summed E-state index contributed by atoms with van der Waals surface area (Å²) in [6.45, 7) is 6.90. The van der Waals surface area contributed by atoms with Crippen LogP contribution in [-0.4, -0.2) is 4.98 Å². The zero-order valence-electron chi connectivity index (χ0n) is 21.8. The van der Waals surface area contributed by atoms with Gasteiger partial charge in [0.1, 0.15) is 0 Å². The van der Waals surface area contributed by atoms with Gasteiger partial charge in [-0.05, 0) is 37.0 Å². The van der Waals surface area contributed by atoms with Gasteiger partial charge in [-0.25, -0.2) is 0 Å². The second kappa shape index (κ2) is 17.3. The van der Waals surface area contributed by atoms with Crippen LogP contribution in [0.15, 0.2) is 24.4 Å². The van der Waals surface area contributed by atoms with E-state index in [0.717, 1.165) is 0 Å². The topological polar surface area (TPSA) is 15.8 Å². The summed E-state index contributed by atoms with van der Waals surface area (Å²) in [6, 6.07) is 6.76. The molecule has 0 radical (unpaired) electrons. The highest BCUT2D eigenvalue weighted by Gasteiger charge is 2.11. The number of H-pyrrole nitrogens is 1. The Morgan fingerprint density at radius 2 is 1.12 bits per heavy atom. The van der Waals surface area contributed by atoms with Crippen LogP contribution in [0.2, 0.25) is 0 Å². The highest BCUT2D eigenvalue weighted by molar-refractivity contribution is 5.84. The van der Waals surface area contributed by atoms with Gasteiger partial charge in [0, 0.05) is 17.1 Å². The molecule has 1 unspecified atom stereocenters. The summed E-state index contributed by atoms with van der Waals surface area (Å²) in [5, 5.41) is 1.43. The fourth-order valence-electron chi connectivity index (χ4n) is 5.17. The van der Waals surface area contributed by atoms with Gasteiger partial charge in [0.25, 0.3) is 0 Å². The SMILES string of the molecule is CCCCCCCCCCCCCCCCCCCCC(C)c1c[nH]c2ccc(C)cc12. The molecule has 1 N–H and O–H groups in total. The number of aromatic amines is 1. The summed E-state index contributed by atoms with van der Waals surface area (Å²) in [6.07, 6.45) is 29.6. The minimum atomic E-state index is 0.659. The molecule has 182 valence electrons. The van der Waals surface area contributed by atoms with Gasteiger partial charge in [-0.15, -0.1) is 0 Å². The summed E-state index contributed by atoms with van der Waals surface area (Å²) in [4.78, 5) is 3.46. The first-order valence-corrected chi connectivity index (χ1v) is 14.3. The maximum atomic E-state index is 3.46. The van der Waals surface area contributed by atoms with Gasteiger partial charge in [-0.3, -0.25) is 0 Å². The maximum Gasteiger partial charge on any atom is 0.0457 e. The van der Waals surface area contributed by atoms with E-state index in [1.54, 1.807) is 0 Å². The van der Waals surface area contributed by atoms with Gasteiger partial charge in [-0.1, -0.05) is 141 Å². The normalized spacial score (nSPS) is 12.6. The van der Waals surface area contributed by atoms with Gasteiger partial charge in [0.05, 0.1) is 0 Å². The third kappa shape index (κ3) is 11.1. The number of fused-ring (bicyclic) bond motifs is 1. The minimum Gasteiger partial charge on any atom is -0.361 e. The number of benzene rings is 1. The van der Waals surface area contributed by atoms with Crippen LogP contribution in [-0.2, 0) is 0 Å². The lowest BCUT2D eigenvalue weighted by atomic mass is 9.94. The van der Waals surface area contributed by atoms with Crippen LogP contribution in [0.5, 0.6) is 0 Å². The summed E-state index contributed by atoms with van der Waals surface area (Å²) >= 11 is 0. The van der Waals surface area contributed by atoms with Crippen molar-refractivity contribution < 1.29 is 0 Å². The van der Waals surface area contributed by atoms with E-state index < -0.39 is 0 Å². The molecule has 1 aromatic carbocycles. The van der Waals surface area contributed by atoms with Crippen molar-refractivity contribution in [1.82, 2.24) is 4.98 Å². The van der Waals surface area contributed by atoms with Gasteiger partial charge in [0.2, 0.25) is 0 Å². The first kappa shape index (κ1) is 27.0. The van der Waals surface area contributed by atoms with Crippen molar-refractivity contribution >= 4 is 10.9 Å². The Balaban J connectivity index is 1.36. The second-order valence-electron chi connectivity index (χ2n) is 10.5. The number of aryl methyl sites for hydroxylation is 1. The van der Waals surface area contributed by atoms with Crippen LogP contribution in [0, 0.1) is 6.92 Å². The minimum absolute atomic E-state index is 0.659. The molecule has 1 atom stereocenters. The Kier molecular flexibility index (Phi) is 14.6. The van der Waals surface area contributed by atoms with E-state index in [1.807, 2.05) is 0 Å². The molecule has 1 aromatic heterocycles. The Labute approximate surface area is 200 Å². The van der Waals surface area contributed by atoms with E-state index in [4.69, 9.17) is 0 Å². The van der Waals surface area contributed by atoms with Crippen LogP contribution >= 0.6 is 0 Å². The smallest absolute Gasteiger partial charge is 0.0457 e. The lowest BCUT2D eigenvalue weighted by molar-refractivity contribution is 0.519. The lowest BCUT2D eigenvalue weighted by Crippen LogP contribution is -1.93. The van der Waals surface area contributed by atoms with E-state index in [2.05, 4.69) is 50.2 Å². The van der Waals surface area contributed by atoms with Gasteiger partial charge in [0.15, 0.2) is 0 Å². The first-order chi connectivity index (χ1) is 15.7. The van der Waals surface area contributed by atoms with E-state index in [-0.39, 0.29) is 0 Å². The number of unbranched alkanes of at least 4 members (excludes halogenated alkanes) is 17. The van der Waals surface area contributed by atoms with E-state index in [1.165, 1.54) is 144 Å². The molecule has 0 aliphatic heterocycles. The largest absolute Gasteiger partial charge is 0.361 e. The summed E-state index contributed by atoms with van der Waals surface area (Å²) in [5.41, 5.74) is 4.16. The van der Waals surface area contributed by atoms with E-state index in [0.29, 0.717) is 5.92 Å². The van der Waals surface area contributed by atoms with Crippen molar-refractivity contribution in [3.05, 3.63) is 35.5 Å². The number of rotatable bonds is 20. The third-order valence-corrected chi connectivity index (χ3v) is 7.39. The molecule has 0 saturated heterocycles. The molecule has 0 bridgehead atoms. The maximum absolute atomic E-state index is 3.46. The first-order valence-electron chi connectivity index (χ1n) is 14.3. The molecule has 2 rings (SSSR count). The van der Waals surface area contributed by atoms with Gasteiger partial charge < -0.3 is 4.98 Å². The van der Waals surface area contributed by atoms with Gasteiger partial charge in [-0.2, -0.15) is 0 Å². The zero-order chi connectivity index (χ0) is 22.9. The highest BCUT2D eigenvalue weighted by atomic mass is 14.7. The van der Waals surface area contributed by atoms with Crippen LogP contribution in [0.4, 0.5) is 0 Å². The fourth-order valence-corrected chi connectivity index (χ4v) is 5.17. The van der Waals surface area contributed by atoms with Crippen molar-refractivity contribution in [2.45, 2.75) is 149 Å². The molecule has 0 spiro atoms. The lowest BCUT2D eigenvalue weighted by Gasteiger charge is -2.11. The molecule has 0 fully saturated rings. The predicted molar refractivity (Wildman–Crippen MR) is 145 cm³/mol. The van der Waals surface area contributed by atoms with Crippen molar-refractivity contribution in [2.24, 2.45) is 0 Å². The molecular formula is C31H53N. The quantitative estimate of drug-likeness (QED) is 0.197. The third-order valence-electron chi connectivity index (χ3n) is 7.39. The molecule has 1 heterocycles. The zero-order valence-corrected chi connectivity index (χ0v) is 21.8. The summed E-state index contributed by atoms with van der Waals surface area (Å²) < 4.78 is 0. The molecule has 0 aliphatic rings. The molecular weight excluding hydrogens is 386 g/mol. The Morgan fingerprint density at radius 3 is 1.62 bits per heavy atom. The van der Waals surface area contributed by atoms with Gasteiger partial charge >= 0.3 is 0 Å². The Hall–Kier alpha value is -1.24. The molecule has 1 nitrogen and oxygen atoms in total. The second-order valence-corrected chi connectivity index (χ2v) is 10.5. The fraction of sp³-hybridized carbons (Fsp3) is 0.742. The monoisotopic (exact) mass is 439 g/mol. The summed E-state index contributed by atoms with van der Waals surface area (Å²) in [5.74, 6) is 0.659. The van der Waals surface area contributed by atoms with Crippen molar-refractivity contribution in [3.63, 3.8) is 0 Å². The van der Waals surface area contributed by atoms with Crippen molar-refractivity contribution in [1.29, 1.82) is 0 Å². The van der Waals surface area contributed by atoms with Crippen molar-refractivity contribution in [3.8, 4) is 0 Å². The number of hydrogen-bond acceptors (Lipinski definition) is 0. The Morgan fingerprint density at radius 1 is 0.656 bits per heavy atom. The average Bonchev–Trinajstić information content (AvgIpc) is 3.21. The standard InChI is InChI=1S/C31H53N/c1-4-5-6-7-8-9-10-11-12-13-14-15-16-17-18-19-20-21-22-28(3)30-26-32-31-24-23-27(2)25-29(30)31/h23-26,28,32H,4-22H2,1-3H3. The Bertz CT molecular complexity index is 698. The predicted octanol–water partition coefficient (Wildman–Crippen LogP) is 11.0. The van der Waals surface area contributed by atoms with Crippen LogP contribution in [0.1, 0.15) is 153 Å². The molecule has 32 heavy (non-hydrogen) atoms.